The van der Waals surface area contributed by atoms with E-state index in [0.29, 0.717) is 23.6 Å². The van der Waals surface area contributed by atoms with Crippen LogP contribution in [0.4, 0.5) is 5.69 Å². The van der Waals surface area contributed by atoms with Crippen LogP contribution in [0.3, 0.4) is 0 Å². The molecule has 8 nitrogen and oxygen atoms in total. The number of aromatic nitrogens is 1. The summed E-state index contributed by atoms with van der Waals surface area (Å²) >= 11 is 3.48. The zero-order chi connectivity index (χ0) is 22.8. The van der Waals surface area contributed by atoms with Crippen LogP contribution in [0.15, 0.2) is 57.1 Å². The molecule has 180 valence electrons. The highest BCUT2D eigenvalue weighted by Crippen LogP contribution is 2.36. The summed E-state index contributed by atoms with van der Waals surface area (Å²) in [5, 5.41) is 25.1. The predicted molar refractivity (Wildman–Crippen MR) is 140 cm³/mol. The molecule has 3 heterocycles. The van der Waals surface area contributed by atoms with Gasteiger partial charge in [0.05, 0.1) is 23.4 Å². The minimum atomic E-state index is 0. The smallest absolute Gasteiger partial charge is 0.199 e. The van der Waals surface area contributed by atoms with Gasteiger partial charge in [0, 0.05) is 54.7 Å². The van der Waals surface area contributed by atoms with E-state index < -0.39 is 0 Å². The maximum Gasteiger partial charge on any atom is 0.199 e. The van der Waals surface area contributed by atoms with Gasteiger partial charge < -0.3 is 20.0 Å². The monoisotopic (exact) mass is 547 g/mol. The summed E-state index contributed by atoms with van der Waals surface area (Å²) in [4.78, 5) is 18.2. The molecule has 10 heteroatoms. The van der Waals surface area contributed by atoms with Gasteiger partial charge in [-0.1, -0.05) is 45.4 Å². The summed E-state index contributed by atoms with van der Waals surface area (Å²) < 4.78 is 0.925. The zero-order valence-corrected chi connectivity index (χ0v) is 21.0. The SMILES string of the molecule is Cl.OCCN1CCN(CCO/N=C2/C(c3c(O)[nH]c4cc(Br)ccc34)=Nc3ccccc32)CC1. The van der Waals surface area contributed by atoms with Gasteiger partial charge >= 0.3 is 0 Å². The van der Waals surface area contributed by atoms with Gasteiger partial charge in [-0.2, -0.15) is 0 Å². The third kappa shape index (κ3) is 4.99. The van der Waals surface area contributed by atoms with Crippen molar-refractivity contribution in [3.05, 3.63) is 58.1 Å². The average Bonchev–Trinajstić information content (AvgIpc) is 3.33. The van der Waals surface area contributed by atoms with Gasteiger partial charge in [-0.25, -0.2) is 4.99 Å². The molecule has 0 aliphatic carbocycles. The molecule has 3 N–H and O–H groups in total. The molecular weight excluding hydrogens is 522 g/mol. The Kier molecular flexibility index (Phi) is 7.90. The minimum absolute atomic E-state index is 0. The topological polar surface area (TPSA) is 96.7 Å². The Morgan fingerprint density at radius 1 is 1.06 bits per heavy atom. The lowest BCUT2D eigenvalue weighted by molar-refractivity contribution is 0.0730. The number of nitrogens with zero attached hydrogens (tertiary/aromatic N) is 4. The van der Waals surface area contributed by atoms with Crippen LogP contribution in [0, 0.1) is 0 Å². The molecule has 0 amide bonds. The second kappa shape index (κ2) is 10.9. The number of hydrogen-bond acceptors (Lipinski definition) is 7. The van der Waals surface area contributed by atoms with E-state index in [9.17, 15) is 5.11 Å². The van der Waals surface area contributed by atoms with Gasteiger partial charge in [0.1, 0.15) is 18.0 Å². The molecule has 2 aromatic carbocycles. The van der Waals surface area contributed by atoms with Crippen molar-refractivity contribution in [1.29, 1.82) is 0 Å². The summed E-state index contributed by atoms with van der Waals surface area (Å²) in [5.74, 6) is 0.0584. The highest BCUT2D eigenvalue weighted by molar-refractivity contribution is 9.10. The molecule has 0 unspecified atom stereocenters. The Bertz CT molecular complexity index is 1220. The molecule has 0 atom stereocenters. The van der Waals surface area contributed by atoms with Crippen LogP contribution < -0.4 is 0 Å². The molecule has 2 aliphatic heterocycles. The third-order valence-electron chi connectivity index (χ3n) is 6.13. The quantitative estimate of drug-likeness (QED) is 0.310. The number of rotatable bonds is 7. The highest BCUT2D eigenvalue weighted by Gasteiger charge is 2.29. The fourth-order valence-corrected chi connectivity index (χ4v) is 4.75. The summed E-state index contributed by atoms with van der Waals surface area (Å²) in [6.07, 6.45) is 0. The van der Waals surface area contributed by atoms with E-state index in [0.717, 1.165) is 65.9 Å². The standard InChI is InChI=1S/C24H26BrN5O3.ClH/c25-16-5-6-17-20(15-16)27-24(32)21(17)23-22(18-3-1-2-4-19(18)26-23)28-33-14-12-30-9-7-29(8-10-30)11-13-31;/h1-6,15,27,31-32H,7-14H2;1H/b28-22+;. The van der Waals surface area contributed by atoms with Crippen LogP contribution in [-0.4, -0.2) is 88.9 Å². The maximum absolute atomic E-state index is 10.7. The van der Waals surface area contributed by atoms with E-state index >= 15 is 0 Å². The number of aromatic hydroxyl groups is 1. The van der Waals surface area contributed by atoms with Gasteiger partial charge in [0.15, 0.2) is 5.88 Å². The lowest BCUT2D eigenvalue weighted by Gasteiger charge is -2.33. The number of hydrogen-bond donors (Lipinski definition) is 3. The number of halogens is 2. The van der Waals surface area contributed by atoms with E-state index in [-0.39, 0.29) is 24.9 Å². The Balaban J connectivity index is 0.00000274. The molecule has 0 bridgehead atoms. The van der Waals surface area contributed by atoms with Crippen molar-refractivity contribution in [3.63, 3.8) is 0 Å². The van der Waals surface area contributed by atoms with Gasteiger partial charge in [0.2, 0.25) is 0 Å². The van der Waals surface area contributed by atoms with E-state index in [1.54, 1.807) is 0 Å². The molecule has 0 spiro atoms. The molecule has 0 radical (unpaired) electrons. The summed E-state index contributed by atoms with van der Waals surface area (Å²) in [5.41, 5.74) is 4.35. The molecule has 1 fully saturated rings. The summed E-state index contributed by atoms with van der Waals surface area (Å²) in [7, 11) is 0. The van der Waals surface area contributed by atoms with Crippen LogP contribution in [-0.2, 0) is 4.84 Å². The van der Waals surface area contributed by atoms with Gasteiger partial charge in [-0.05, 0) is 18.2 Å². The first-order valence-corrected chi connectivity index (χ1v) is 11.9. The Morgan fingerprint density at radius 3 is 2.56 bits per heavy atom. The minimum Gasteiger partial charge on any atom is -0.494 e. The number of piperazine rings is 1. The average molecular weight is 549 g/mol. The van der Waals surface area contributed by atoms with E-state index in [2.05, 4.69) is 35.9 Å². The molecular formula is C24H27BrClN5O3. The molecule has 1 aromatic heterocycles. The number of oxime groups is 1. The van der Waals surface area contributed by atoms with Gasteiger partial charge in [0.25, 0.3) is 0 Å². The number of aliphatic hydroxyl groups excluding tert-OH is 1. The third-order valence-corrected chi connectivity index (χ3v) is 6.62. The van der Waals surface area contributed by atoms with Crippen LogP contribution in [0.1, 0.15) is 11.1 Å². The summed E-state index contributed by atoms with van der Waals surface area (Å²) in [6.45, 7) is 6.00. The number of H-pyrrole nitrogens is 1. The number of nitrogens with one attached hydrogen (secondary N) is 1. The molecule has 3 aromatic rings. The van der Waals surface area contributed by atoms with E-state index in [4.69, 9.17) is 14.9 Å². The number of para-hydroxylation sites is 1. The number of aliphatic imine (C=N–C) groups is 1. The highest BCUT2D eigenvalue weighted by atomic mass is 79.9. The number of fused-ring (bicyclic) bond motifs is 2. The second-order valence-corrected chi connectivity index (χ2v) is 9.11. The van der Waals surface area contributed by atoms with Crippen LogP contribution in [0.25, 0.3) is 10.9 Å². The lowest BCUT2D eigenvalue weighted by Crippen LogP contribution is -2.47. The van der Waals surface area contributed by atoms with Crippen LogP contribution >= 0.6 is 28.3 Å². The fraction of sp³-hybridized carbons (Fsp3) is 0.333. The van der Waals surface area contributed by atoms with E-state index in [1.165, 1.54) is 0 Å². The normalized spacial score (nSPS) is 17.6. The van der Waals surface area contributed by atoms with Crippen molar-refractivity contribution in [3.8, 4) is 5.88 Å². The number of aromatic amines is 1. The van der Waals surface area contributed by atoms with Crippen molar-refractivity contribution in [2.45, 2.75) is 0 Å². The van der Waals surface area contributed by atoms with Crippen molar-refractivity contribution in [2.24, 2.45) is 10.1 Å². The maximum atomic E-state index is 10.7. The first-order chi connectivity index (χ1) is 16.1. The van der Waals surface area contributed by atoms with Crippen LogP contribution in [0.5, 0.6) is 5.88 Å². The first-order valence-electron chi connectivity index (χ1n) is 11.1. The van der Waals surface area contributed by atoms with Crippen molar-refractivity contribution >= 4 is 56.4 Å². The molecule has 1 saturated heterocycles. The summed E-state index contributed by atoms with van der Waals surface area (Å²) in [6, 6.07) is 13.6. The zero-order valence-electron chi connectivity index (χ0n) is 18.6. The van der Waals surface area contributed by atoms with Gasteiger partial charge in [-0.3, -0.25) is 9.80 Å². The van der Waals surface area contributed by atoms with Crippen LogP contribution in [0.2, 0.25) is 0 Å². The number of benzene rings is 2. The number of aliphatic hydroxyl groups is 1. The van der Waals surface area contributed by atoms with Crippen molar-refractivity contribution in [2.75, 3.05) is 52.5 Å². The number of β-amino-alcohol motifs (C(OH)–C–C–N with tert-alkyl or cyclic N) is 1. The second-order valence-electron chi connectivity index (χ2n) is 8.20. The fourth-order valence-electron chi connectivity index (χ4n) is 4.39. The van der Waals surface area contributed by atoms with E-state index in [1.807, 2.05) is 42.5 Å². The molecule has 0 saturated carbocycles. The van der Waals surface area contributed by atoms with Crippen molar-refractivity contribution in [1.82, 2.24) is 14.8 Å². The molecule has 5 rings (SSSR count). The van der Waals surface area contributed by atoms with Gasteiger partial charge in [-0.15, -0.1) is 12.4 Å². The lowest BCUT2D eigenvalue weighted by atomic mass is 10.0. The predicted octanol–water partition coefficient (Wildman–Crippen LogP) is 3.52. The Morgan fingerprint density at radius 2 is 1.79 bits per heavy atom. The van der Waals surface area contributed by atoms with Crippen molar-refractivity contribution < 1.29 is 15.1 Å². The Labute approximate surface area is 212 Å². The Hall–Kier alpha value is -2.43. The first kappa shape index (κ1) is 24.7. The molecule has 34 heavy (non-hydrogen) atoms. The molecule has 2 aliphatic rings. The largest absolute Gasteiger partial charge is 0.494 e.